The fraction of sp³-hybridized carbons (Fsp3) is 0.440. The standard InChI is InChI=1S/C25H34BrN3O4S/c1-5-19(2)27-25(31)20(3)29(18-21-13-15-22(26)16-14-21)24(30)12-9-17-28(4)34(32,33)23-10-7-6-8-11-23/h6-8,10-11,13-16,19-20H,5,9,12,17-18H2,1-4H3,(H,27,31)/t19-,20+/m0/s1. The third-order valence-corrected chi connectivity index (χ3v) is 8.15. The highest BCUT2D eigenvalue weighted by atomic mass is 79.9. The van der Waals surface area contributed by atoms with Crippen LogP contribution < -0.4 is 5.32 Å². The van der Waals surface area contributed by atoms with Crippen LogP contribution in [0, 0.1) is 0 Å². The van der Waals surface area contributed by atoms with E-state index in [-0.39, 0.29) is 35.7 Å². The van der Waals surface area contributed by atoms with E-state index in [1.54, 1.807) is 42.2 Å². The second-order valence-electron chi connectivity index (χ2n) is 8.39. The van der Waals surface area contributed by atoms with E-state index in [1.807, 2.05) is 38.1 Å². The molecule has 2 aromatic carbocycles. The van der Waals surface area contributed by atoms with Gasteiger partial charge in [0.15, 0.2) is 0 Å². The largest absolute Gasteiger partial charge is 0.352 e. The summed E-state index contributed by atoms with van der Waals surface area (Å²) in [6.45, 7) is 6.12. The van der Waals surface area contributed by atoms with E-state index >= 15 is 0 Å². The second kappa shape index (κ2) is 13.0. The van der Waals surface area contributed by atoms with Gasteiger partial charge in [0.1, 0.15) is 6.04 Å². The van der Waals surface area contributed by atoms with Gasteiger partial charge in [-0.2, -0.15) is 0 Å². The van der Waals surface area contributed by atoms with Crippen LogP contribution in [0.25, 0.3) is 0 Å². The van der Waals surface area contributed by atoms with Gasteiger partial charge in [-0.3, -0.25) is 9.59 Å². The number of carbonyl (C=O) groups is 2. The zero-order chi connectivity index (χ0) is 25.3. The molecule has 0 aliphatic rings. The van der Waals surface area contributed by atoms with Crippen LogP contribution in [0.1, 0.15) is 45.6 Å². The minimum Gasteiger partial charge on any atom is -0.352 e. The lowest BCUT2D eigenvalue weighted by Crippen LogP contribution is -2.49. The fourth-order valence-electron chi connectivity index (χ4n) is 3.32. The minimum atomic E-state index is -3.62. The van der Waals surface area contributed by atoms with Crippen molar-refractivity contribution in [1.82, 2.24) is 14.5 Å². The maximum atomic E-state index is 13.2. The van der Waals surface area contributed by atoms with E-state index in [0.717, 1.165) is 16.5 Å². The molecular weight excluding hydrogens is 518 g/mol. The molecule has 0 fully saturated rings. The Hall–Kier alpha value is -2.23. The van der Waals surface area contributed by atoms with Gasteiger partial charge in [-0.15, -0.1) is 0 Å². The molecule has 9 heteroatoms. The van der Waals surface area contributed by atoms with E-state index in [1.165, 1.54) is 11.4 Å². The normalized spacial score (nSPS) is 13.4. The lowest BCUT2D eigenvalue weighted by molar-refractivity contribution is -0.141. The molecule has 1 N–H and O–H groups in total. The number of nitrogens with one attached hydrogen (secondary N) is 1. The minimum absolute atomic E-state index is 0.0106. The van der Waals surface area contributed by atoms with Gasteiger partial charge < -0.3 is 10.2 Å². The summed E-state index contributed by atoms with van der Waals surface area (Å²) < 4.78 is 27.6. The molecule has 34 heavy (non-hydrogen) atoms. The van der Waals surface area contributed by atoms with Crippen LogP contribution in [0.3, 0.4) is 0 Å². The van der Waals surface area contributed by atoms with Crippen molar-refractivity contribution in [2.75, 3.05) is 13.6 Å². The molecule has 186 valence electrons. The van der Waals surface area contributed by atoms with E-state index in [9.17, 15) is 18.0 Å². The maximum Gasteiger partial charge on any atom is 0.242 e. The van der Waals surface area contributed by atoms with E-state index in [2.05, 4.69) is 21.2 Å². The number of nitrogens with zero attached hydrogens (tertiary/aromatic N) is 2. The van der Waals surface area contributed by atoms with Crippen molar-refractivity contribution in [3.8, 4) is 0 Å². The first-order chi connectivity index (χ1) is 16.1. The van der Waals surface area contributed by atoms with Crippen molar-refractivity contribution < 1.29 is 18.0 Å². The first kappa shape index (κ1) is 28.0. The van der Waals surface area contributed by atoms with Crippen LogP contribution >= 0.6 is 15.9 Å². The summed E-state index contributed by atoms with van der Waals surface area (Å²) >= 11 is 3.41. The molecule has 2 amide bonds. The highest BCUT2D eigenvalue weighted by Gasteiger charge is 2.27. The number of benzene rings is 2. The van der Waals surface area contributed by atoms with E-state index in [4.69, 9.17) is 0 Å². The van der Waals surface area contributed by atoms with Gasteiger partial charge in [0.25, 0.3) is 0 Å². The van der Waals surface area contributed by atoms with Gasteiger partial charge in [-0.05, 0) is 56.5 Å². The molecule has 2 atom stereocenters. The third-order valence-electron chi connectivity index (χ3n) is 5.75. The Balaban J connectivity index is 2.08. The smallest absolute Gasteiger partial charge is 0.242 e. The molecule has 0 aromatic heterocycles. The first-order valence-electron chi connectivity index (χ1n) is 11.4. The van der Waals surface area contributed by atoms with Gasteiger partial charge >= 0.3 is 0 Å². The van der Waals surface area contributed by atoms with Crippen molar-refractivity contribution in [3.05, 3.63) is 64.6 Å². The average Bonchev–Trinajstić information content (AvgIpc) is 2.83. The molecule has 0 aliphatic carbocycles. The maximum absolute atomic E-state index is 13.2. The highest BCUT2D eigenvalue weighted by Crippen LogP contribution is 2.17. The quantitative estimate of drug-likeness (QED) is 0.428. The van der Waals surface area contributed by atoms with Crippen LogP contribution in [0.4, 0.5) is 0 Å². The van der Waals surface area contributed by atoms with E-state index in [0.29, 0.717) is 13.0 Å². The summed E-state index contributed by atoms with van der Waals surface area (Å²) in [5.74, 6) is -0.399. The molecule has 0 aliphatic heterocycles. The highest BCUT2D eigenvalue weighted by molar-refractivity contribution is 9.10. The Kier molecular flexibility index (Phi) is 10.7. The van der Waals surface area contributed by atoms with Gasteiger partial charge in [0.2, 0.25) is 21.8 Å². The number of halogens is 1. The molecular formula is C25H34BrN3O4S. The second-order valence-corrected chi connectivity index (χ2v) is 11.3. The molecule has 0 spiro atoms. The topological polar surface area (TPSA) is 86.8 Å². The van der Waals surface area contributed by atoms with Gasteiger partial charge in [0, 0.05) is 37.1 Å². The summed E-state index contributed by atoms with van der Waals surface area (Å²) in [5.41, 5.74) is 0.906. The number of amides is 2. The monoisotopic (exact) mass is 551 g/mol. The van der Waals surface area contributed by atoms with Crippen LogP contribution in [-0.2, 0) is 26.2 Å². The van der Waals surface area contributed by atoms with Crippen LogP contribution in [0.2, 0.25) is 0 Å². The molecule has 0 bridgehead atoms. The van der Waals surface area contributed by atoms with Crippen molar-refractivity contribution in [2.45, 2.75) is 63.6 Å². The van der Waals surface area contributed by atoms with Gasteiger partial charge in [-0.1, -0.05) is 53.2 Å². The number of hydrogen-bond acceptors (Lipinski definition) is 4. The lowest BCUT2D eigenvalue weighted by atomic mass is 10.1. The predicted octanol–water partition coefficient (Wildman–Crippen LogP) is 4.18. The average molecular weight is 553 g/mol. The van der Waals surface area contributed by atoms with Crippen molar-refractivity contribution in [3.63, 3.8) is 0 Å². The summed E-state index contributed by atoms with van der Waals surface area (Å²) in [4.78, 5) is 27.7. The molecule has 0 unspecified atom stereocenters. The molecule has 2 aromatic rings. The zero-order valence-electron chi connectivity index (χ0n) is 20.2. The Labute approximate surface area is 211 Å². The molecule has 2 rings (SSSR count). The Morgan fingerprint density at radius 1 is 1.03 bits per heavy atom. The first-order valence-corrected chi connectivity index (χ1v) is 13.6. The molecule has 0 radical (unpaired) electrons. The summed E-state index contributed by atoms with van der Waals surface area (Å²) in [7, 11) is -2.11. The van der Waals surface area contributed by atoms with E-state index < -0.39 is 16.1 Å². The SMILES string of the molecule is CC[C@H](C)NC(=O)[C@@H](C)N(Cc1ccc(Br)cc1)C(=O)CCCN(C)S(=O)(=O)c1ccccc1. The van der Waals surface area contributed by atoms with Gasteiger partial charge in [0.05, 0.1) is 4.90 Å². The number of carbonyl (C=O) groups excluding carboxylic acids is 2. The zero-order valence-corrected chi connectivity index (χ0v) is 22.6. The summed E-state index contributed by atoms with van der Waals surface area (Å²) in [6.07, 6.45) is 1.27. The van der Waals surface area contributed by atoms with Crippen LogP contribution in [0.5, 0.6) is 0 Å². The van der Waals surface area contributed by atoms with Crippen molar-refractivity contribution >= 4 is 37.8 Å². The fourth-order valence-corrected chi connectivity index (χ4v) is 4.82. The molecule has 0 saturated heterocycles. The Morgan fingerprint density at radius 2 is 1.65 bits per heavy atom. The summed E-state index contributed by atoms with van der Waals surface area (Å²) in [5, 5.41) is 2.94. The third kappa shape index (κ3) is 7.92. The van der Waals surface area contributed by atoms with Crippen molar-refractivity contribution in [1.29, 1.82) is 0 Å². The number of hydrogen-bond donors (Lipinski definition) is 1. The molecule has 0 heterocycles. The van der Waals surface area contributed by atoms with Crippen LogP contribution in [-0.4, -0.2) is 55.1 Å². The predicted molar refractivity (Wildman–Crippen MR) is 138 cm³/mol. The number of sulfonamides is 1. The van der Waals surface area contributed by atoms with Crippen LogP contribution in [0.15, 0.2) is 64.0 Å². The number of rotatable bonds is 12. The summed E-state index contributed by atoms with van der Waals surface area (Å²) in [6, 6.07) is 15.2. The van der Waals surface area contributed by atoms with Gasteiger partial charge in [-0.25, -0.2) is 12.7 Å². The Bertz CT molecular complexity index is 1050. The molecule has 7 nitrogen and oxygen atoms in total. The lowest BCUT2D eigenvalue weighted by Gasteiger charge is -2.30. The molecule has 0 saturated carbocycles. The van der Waals surface area contributed by atoms with Crippen molar-refractivity contribution in [2.24, 2.45) is 0 Å². The Morgan fingerprint density at radius 3 is 2.24 bits per heavy atom.